The first-order valence-corrected chi connectivity index (χ1v) is 10.1. The minimum atomic E-state index is 0.0299. The maximum absolute atomic E-state index is 13.2. The van der Waals surface area contributed by atoms with E-state index >= 15 is 0 Å². The highest BCUT2D eigenvalue weighted by Gasteiger charge is 2.33. The van der Waals surface area contributed by atoms with Gasteiger partial charge in [0.25, 0.3) is 0 Å². The molecule has 0 aliphatic carbocycles. The fraction of sp³-hybridized carbons (Fsp3) is 0.600. The third-order valence-electron chi connectivity index (χ3n) is 5.36. The molecule has 0 radical (unpaired) electrons. The van der Waals surface area contributed by atoms with E-state index in [0.717, 1.165) is 48.0 Å². The average Bonchev–Trinajstić information content (AvgIpc) is 2.59. The number of anilines is 1. The van der Waals surface area contributed by atoms with E-state index in [-0.39, 0.29) is 23.7 Å². The second kappa shape index (κ2) is 7.48. The highest BCUT2D eigenvalue weighted by molar-refractivity contribution is 9.10. The molecule has 0 aromatic heterocycles. The van der Waals surface area contributed by atoms with Gasteiger partial charge >= 0.3 is 0 Å². The van der Waals surface area contributed by atoms with Crippen molar-refractivity contribution in [3.05, 3.63) is 27.7 Å². The number of hydrogen-bond acceptors (Lipinski definition) is 2. The SMILES string of the molecule is Cc1cc(Br)cc2c1N(C(=O)C1CCN(C(=O)C(C)C)CC1)CCC2. The Balaban J connectivity index is 1.73. The molecule has 2 aliphatic rings. The van der Waals surface area contributed by atoms with Crippen LogP contribution < -0.4 is 4.90 Å². The van der Waals surface area contributed by atoms with Crippen LogP contribution in [0.1, 0.15) is 44.2 Å². The largest absolute Gasteiger partial charge is 0.342 e. The molecule has 1 fully saturated rings. The molecule has 2 heterocycles. The van der Waals surface area contributed by atoms with Crippen molar-refractivity contribution in [1.29, 1.82) is 0 Å². The van der Waals surface area contributed by atoms with Gasteiger partial charge in [0.15, 0.2) is 0 Å². The van der Waals surface area contributed by atoms with Crippen LogP contribution in [0.3, 0.4) is 0 Å². The van der Waals surface area contributed by atoms with E-state index in [1.807, 2.05) is 23.6 Å². The quantitative estimate of drug-likeness (QED) is 0.746. The smallest absolute Gasteiger partial charge is 0.230 e. The van der Waals surface area contributed by atoms with E-state index in [1.54, 1.807) is 0 Å². The molecule has 25 heavy (non-hydrogen) atoms. The van der Waals surface area contributed by atoms with E-state index in [9.17, 15) is 9.59 Å². The second-order valence-corrected chi connectivity index (χ2v) is 8.49. The van der Waals surface area contributed by atoms with Crippen molar-refractivity contribution in [3.8, 4) is 0 Å². The lowest BCUT2D eigenvalue weighted by atomic mass is 9.91. The number of benzene rings is 1. The van der Waals surface area contributed by atoms with Gasteiger partial charge in [-0.1, -0.05) is 29.8 Å². The van der Waals surface area contributed by atoms with Gasteiger partial charge in [0.1, 0.15) is 0 Å². The predicted octanol–water partition coefficient (Wildman–Crippen LogP) is 3.93. The Labute approximate surface area is 158 Å². The minimum Gasteiger partial charge on any atom is -0.342 e. The monoisotopic (exact) mass is 406 g/mol. The average molecular weight is 407 g/mol. The molecule has 0 atom stereocenters. The van der Waals surface area contributed by atoms with Crippen molar-refractivity contribution in [1.82, 2.24) is 4.90 Å². The van der Waals surface area contributed by atoms with Crippen LogP contribution in [-0.4, -0.2) is 36.3 Å². The summed E-state index contributed by atoms with van der Waals surface area (Å²) in [6.45, 7) is 8.16. The minimum absolute atomic E-state index is 0.0299. The van der Waals surface area contributed by atoms with Crippen LogP contribution >= 0.6 is 15.9 Å². The number of piperidine rings is 1. The molecule has 0 bridgehead atoms. The first kappa shape index (κ1) is 18.4. The Hall–Kier alpha value is -1.36. The van der Waals surface area contributed by atoms with E-state index in [4.69, 9.17) is 0 Å². The van der Waals surface area contributed by atoms with E-state index in [2.05, 4.69) is 35.0 Å². The molecule has 4 nitrogen and oxygen atoms in total. The summed E-state index contributed by atoms with van der Waals surface area (Å²) >= 11 is 3.57. The molecule has 0 N–H and O–H groups in total. The molecule has 1 saturated heterocycles. The zero-order valence-electron chi connectivity index (χ0n) is 15.3. The predicted molar refractivity (Wildman–Crippen MR) is 104 cm³/mol. The van der Waals surface area contributed by atoms with Gasteiger partial charge in [-0.15, -0.1) is 0 Å². The van der Waals surface area contributed by atoms with Crippen LogP contribution in [0.25, 0.3) is 0 Å². The van der Waals surface area contributed by atoms with Crippen molar-refractivity contribution < 1.29 is 9.59 Å². The molecule has 0 spiro atoms. The van der Waals surface area contributed by atoms with Crippen molar-refractivity contribution >= 4 is 33.4 Å². The number of halogens is 1. The number of carbonyl (C=O) groups excluding carboxylic acids is 2. The van der Waals surface area contributed by atoms with Crippen LogP contribution in [0.5, 0.6) is 0 Å². The van der Waals surface area contributed by atoms with Gasteiger partial charge in [-0.25, -0.2) is 0 Å². The van der Waals surface area contributed by atoms with Crippen LogP contribution in [0, 0.1) is 18.8 Å². The highest BCUT2D eigenvalue weighted by atomic mass is 79.9. The molecule has 0 saturated carbocycles. The van der Waals surface area contributed by atoms with Crippen molar-refractivity contribution in [3.63, 3.8) is 0 Å². The maximum Gasteiger partial charge on any atom is 0.230 e. The van der Waals surface area contributed by atoms with Gasteiger partial charge in [0.05, 0.1) is 0 Å². The zero-order valence-corrected chi connectivity index (χ0v) is 16.9. The van der Waals surface area contributed by atoms with E-state index in [1.165, 1.54) is 5.56 Å². The van der Waals surface area contributed by atoms with Crippen LogP contribution in [0.4, 0.5) is 5.69 Å². The van der Waals surface area contributed by atoms with Gasteiger partial charge in [0, 0.05) is 41.6 Å². The lowest BCUT2D eigenvalue weighted by Crippen LogP contribution is -2.46. The van der Waals surface area contributed by atoms with Crippen molar-refractivity contribution in [2.45, 2.75) is 46.5 Å². The summed E-state index contributed by atoms with van der Waals surface area (Å²) < 4.78 is 1.08. The number of nitrogens with zero attached hydrogens (tertiary/aromatic N) is 2. The third-order valence-corrected chi connectivity index (χ3v) is 5.82. The molecule has 5 heteroatoms. The van der Waals surface area contributed by atoms with Gasteiger partial charge in [-0.2, -0.15) is 0 Å². The standard InChI is InChI=1S/C20H27BrN2O2/c1-13(2)19(24)22-9-6-15(7-10-22)20(25)23-8-4-5-16-12-17(21)11-14(3)18(16)23/h11-13,15H,4-10H2,1-3H3. The Kier molecular flexibility index (Phi) is 5.52. The van der Waals surface area contributed by atoms with Crippen molar-refractivity contribution in [2.24, 2.45) is 11.8 Å². The molecule has 1 aromatic carbocycles. The summed E-state index contributed by atoms with van der Waals surface area (Å²) in [4.78, 5) is 29.2. The number of aryl methyl sites for hydroxylation is 2. The number of fused-ring (bicyclic) bond motifs is 1. The fourth-order valence-corrected chi connectivity index (χ4v) is 4.69. The molecule has 3 rings (SSSR count). The summed E-state index contributed by atoms with van der Waals surface area (Å²) in [5.74, 6) is 0.505. The normalized spacial score (nSPS) is 18.4. The highest BCUT2D eigenvalue weighted by Crippen LogP contribution is 2.35. The summed E-state index contributed by atoms with van der Waals surface area (Å²) in [6.07, 6.45) is 3.59. The summed E-state index contributed by atoms with van der Waals surface area (Å²) in [6, 6.07) is 4.24. The maximum atomic E-state index is 13.2. The summed E-state index contributed by atoms with van der Waals surface area (Å²) in [7, 11) is 0. The number of likely N-dealkylation sites (tertiary alicyclic amines) is 1. The Bertz CT molecular complexity index is 679. The number of carbonyl (C=O) groups is 2. The number of amides is 2. The van der Waals surface area contributed by atoms with Gasteiger partial charge < -0.3 is 9.80 Å². The molecule has 2 amide bonds. The van der Waals surface area contributed by atoms with Gasteiger partial charge in [0.2, 0.25) is 11.8 Å². The number of hydrogen-bond donors (Lipinski definition) is 0. The van der Waals surface area contributed by atoms with Crippen LogP contribution in [0.15, 0.2) is 16.6 Å². The molecular formula is C20H27BrN2O2. The lowest BCUT2D eigenvalue weighted by Gasteiger charge is -2.37. The zero-order chi connectivity index (χ0) is 18.1. The van der Waals surface area contributed by atoms with Gasteiger partial charge in [-0.3, -0.25) is 9.59 Å². The molecule has 0 unspecified atom stereocenters. The van der Waals surface area contributed by atoms with Crippen molar-refractivity contribution in [2.75, 3.05) is 24.5 Å². The topological polar surface area (TPSA) is 40.6 Å². The van der Waals surface area contributed by atoms with Crippen LogP contribution in [0.2, 0.25) is 0 Å². The second-order valence-electron chi connectivity index (χ2n) is 7.58. The van der Waals surface area contributed by atoms with Gasteiger partial charge in [-0.05, 0) is 55.9 Å². The third kappa shape index (κ3) is 3.76. The summed E-state index contributed by atoms with van der Waals surface area (Å²) in [5, 5.41) is 0. The Morgan fingerprint density at radius 1 is 1.16 bits per heavy atom. The van der Waals surface area contributed by atoms with E-state index in [0.29, 0.717) is 13.1 Å². The molecule has 1 aromatic rings. The Morgan fingerprint density at radius 3 is 2.48 bits per heavy atom. The first-order chi connectivity index (χ1) is 11.9. The van der Waals surface area contributed by atoms with E-state index < -0.39 is 0 Å². The fourth-order valence-electron chi connectivity index (χ4n) is 4.07. The molecule has 2 aliphatic heterocycles. The summed E-state index contributed by atoms with van der Waals surface area (Å²) in [5.41, 5.74) is 3.53. The molecular weight excluding hydrogens is 380 g/mol. The Morgan fingerprint density at radius 2 is 1.84 bits per heavy atom. The first-order valence-electron chi connectivity index (χ1n) is 9.27. The molecule has 136 valence electrons. The number of rotatable bonds is 2. The van der Waals surface area contributed by atoms with Crippen LogP contribution in [-0.2, 0) is 16.0 Å². The lowest BCUT2D eigenvalue weighted by molar-refractivity contribution is -0.137.